The average Bonchev–Trinajstić information content (AvgIpc) is 2.28. The maximum atomic E-state index is 6.05. The molecule has 0 saturated carbocycles. The van der Waals surface area contributed by atoms with E-state index in [4.69, 9.17) is 4.74 Å². The molecular formula is C14H31NO. The minimum absolute atomic E-state index is 0.379. The lowest BCUT2D eigenvalue weighted by Gasteiger charge is -2.27. The van der Waals surface area contributed by atoms with E-state index < -0.39 is 0 Å². The van der Waals surface area contributed by atoms with Crippen molar-refractivity contribution < 1.29 is 4.74 Å². The van der Waals surface area contributed by atoms with Gasteiger partial charge >= 0.3 is 0 Å². The highest BCUT2D eigenvalue weighted by Gasteiger charge is 2.18. The summed E-state index contributed by atoms with van der Waals surface area (Å²) in [6.07, 6.45) is 6.43. The van der Waals surface area contributed by atoms with Crippen LogP contribution in [-0.4, -0.2) is 25.8 Å². The van der Waals surface area contributed by atoms with Gasteiger partial charge in [0.25, 0.3) is 0 Å². The molecule has 0 radical (unpaired) electrons. The van der Waals surface area contributed by atoms with Crippen molar-refractivity contribution >= 4 is 0 Å². The molecule has 3 atom stereocenters. The Morgan fingerprint density at radius 1 is 1.06 bits per heavy atom. The molecule has 16 heavy (non-hydrogen) atoms. The van der Waals surface area contributed by atoms with Crippen LogP contribution in [0.25, 0.3) is 0 Å². The highest BCUT2D eigenvalue weighted by Crippen LogP contribution is 2.13. The van der Waals surface area contributed by atoms with Crippen molar-refractivity contribution in [3.8, 4) is 0 Å². The molecule has 0 spiro atoms. The van der Waals surface area contributed by atoms with Gasteiger partial charge in [-0.15, -0.1) is 0 Å². The fraction of sp³-hybridized carbons (Fsp3) is 1.00. The van der Waals surface area contributed by atoms with Crippen LogP contribution in [-0.2, 0) is 4.74 Å². The van der Waals surface area contributed by atoms with Gasteiger partial charge in [0.2, 0.25) is 0 Å². The van der Waals surface area contributed by atoms with Crippen molar-refractivity contribution in [2.75, 3.05) is 13.7 Å². The molecule has 2 heteroatoms. The molecule has 0 aliphatic heterocycles. The van der Waals surface area contributed by atoms with E-state index in [0.29, 0.717) is 18.1 Å². The summed E-state index contributed by atoms with van der Waals surface area (Å²) in [5, 5.41) is 3.38. The second kappa shape index (κ2) is 10.1. The number of nitrogens with one attached hydrogen (secondary N) is 1. The van der Waals surface area contributed by atoms with Crippen LogP contribution in [0.2, 0.25) is 0 Å². The Bertz CT molecular complexity index is 150. The van der Waals surface area contributed by atoms with Crippen molar-refractivity contribution in [2.45, 2.75) is 71.9 Å². The number of ether oxygens (including phenoxy) is 1. The van der Waals surface area contributed by atoms with Crippen LogP contribution >= 0.6 is 0 Å². The number of hydrogen-bond donors (Lipinski definition) is 1. The first-order chi connectivity index (χ1) is 7.69. The molecule has 3 unspecified atom stereocenters. The molecule has 2 nitrogen and oxygen atoms in total. The molecule has 0 aliphatic rings. The summed E-state index contributed by atoms with van der Waals surface area (Å²) in [7, 11) is 2.04. The van der Waals surface area contributed by atoms with E-state index in [0.717, 1.165) is 13.0 Å². The second-order valence-electron chi connectivity index (χ2n) is 4.86. The largest absolute Gasteiger partial charge is 0.376 e. The van der Waals surface area contributed by atoms with Crippen molar-refractivity contribution in [1.82, 2.24) is 5.32 Å². The highest BCUT2D eigenvalue weighted by molar-refractivity contribution is 4.74. The fourth-order valence-electron chi connectivity index (χ4n) is 2.21. The molecular weight excluding hydrogens is 198 g/mol. The lowest BCUT2D eigenvalue weighted by Crippen LogP contribution is -2.39. The van der Waals surface area contributed by atoms with Gasteiger partial charge in [0.05, 0.1) is 6.10 Å². The first-order valence-electron chi connectivity index (χ1n) is 6.98. The molecule has 0 heterocycles. The van der Waals surface area contributed by atoms with Crippen molar-refractivity contribution in [1.29, 1.82) is 0 Å². The highest BCUT2D eigenvalue weighted by atomic mass is 16.5. The van der Waals surface area contributed by atoms with Gasteiger partial charge in [0.15, 0.2) is 0 Å². The predicted molar refractivity (Wildman–Crippen MR) is 71.9 cm³/mol. The third kappa shape index (κ3) is 6.49. The van der Waals surface area contributed by atoms with Crippen molar-refractivity contribution in [3.63, 3.8) is 0 Å². The van der Waals surface area contributed by atoms with Gasteiger partial charge in [-0.2, -0.15) is 0 Å². The first kappa shape index (κ1) is 15.9. The van der Waals surface area contributed by atoms with E-state index in [1.54, 1.807) is 0 Å². The SMILES string of the molecule is CCCC(C)COC(CC)C(CCC)NC. The van der Waals surface area contributed by atoms with Gasteiger partial charge in [-0.3, -0.25) is 0 Å². The molecule has 0 aromatic rings. The molecule has 0 aromatic heterocycles. The van der Waals surface area contributed by atoms with Crippen LogP contribution in [0.4, 0.5) is 0 Å². The smallest absolute Gasteiger partial charge is 0.0725 e. The fourth-order valence-corrected chi connectivity index (χ4v) is 2.21. The monoisotopic (exact) mass is 229 g/mol. The minimum atomic E-state index is 0.379. The molecule has 0 amide bonds. The molecule has 98 valence electrons. The summed E-state index contributed by atoms with van der Waals surface area (Å²) in [5.74, 6) is 0.693. The molecule has 0 rings (SSSR count). The van der Waals surface area contributed by atoms with Gasteiger partial charge in [0, 0.05) is 12.6 Å². The molecule has 0 aromatic carbocycles. The average molecular weight is 229 g/mol. The standard InChI is InChI=1S/C14H31NO/c1-6-9-12(4)11-16-14(8-3)13(15-5)10-7-2/h12-15H,6-11H2,1-5H3. The second-order valence-corrected chi connectivity index (χ2v) is 4.86. The van der Waals surface area contributed by atoms with Crippen molar-refractivity contribution in [2.24, 2.45) is 5.92 Å². The molecule has 0 fully saturated rings. The summed E-state index contributed by atoms with van der Waals surface area (Å²) in [6, 6.07) is 0.517. The van der Waals surface area contributed by atoms with Crippen LogP contribution in [0, 0.1) is 5.92 Å². The Morgan fingerprint density at radius 3 is 2.12 bits per heavy atom. The normalized spacial score (nSPS) is 17.1. The zero-order valence-electron chi connectivity index (χ0n) is 11.9. The van der Waals surface area contributed by atoms with E-state index in [-0.39, 0.29) is 0 Å². The third-order valence-corrected chi connectivity index (χ3v) is 3.20. The van der Waals surface area contributed by atoms with Crippen LogP contribution < -0.4 is 5.32 Å². The Morgan fingerprint density at radius 2 is 1.69 bits per heavy atom. The summed E-state index contributed by atoms with van der Waals surface area (Å²) < 4.78 is 6.05. The Kier molecular flexibility index (Phi) is 10.0. The Hall–Kier alpha value is -0.0800. The van der Waals surface area contributed by atoms with E-state index in [1.807, 2.05) is 7.05 Å². The third-order valence-electron chi connectivity index (χ3n) is 3.20. The summed E-state index contributed by atoms with van der Waals surface area (Å²) in [5.41, 5.74) is 0. The van der Waals surface area contributed by atoms with E-state index in [2.05, 4.69) is 33.0 Å². The van der Waals surface area contributed by atoms with Gasteiger partial charge in [-0.1, -0.05) is 40.5 Å². The summed E-state index contributed by atoms with van der Waals surface area (Å²) in [4.78, 5) is 0. The van der Waals surface area contributed by atoms with Gasteiger partial charge in [0.1, 0.15) is 0 Å². The van der Waals surface area contributed by atoms with E-state index in [1.165, 1.54) is 25.7 Å². The number of likely N-dealkylation sites (N-methyl/N-ethyl adjacent to an activating group) is 1. The molecule has 1 N–H and O–H groups in total. The zero-order chi connectivity index (χ0) is 12.4. The molecule has 0 aliphatic carbocycles. The van der Waals surface area contributed by atoms with Crippen LogP contribution in [0.3, 0.4) is 0 Å². The number of rotatable bonds is 10. The maximum absolute atomic E-state index is 6.05. The van der Waals surface area contributed by atoms with Gasteiger partial charge < -0.3 is 10.1 Å². The molecule has 0 bridgehead atoms. The predicted octanol–water partition coefficient (Wildman–Crippen LogP) is 3.61. The maximum Gasteiger partial charge on any atom is 0.0725 e. The van der Waals surface area contributed by atoms with E-state index >= 15 is 0 Å². The van der Waals surface area contributed by atoms with Gasteiger partial charge in [-0.25, -0.2) is 0 Å². The number of hydrogen-bond acceptors (Lipinski definition) is 2. The molecule has 0 saturated heterocycles. The van der Waals surface area contributed by atoms with E-state index in [9.17, 15) is 0 Å². The lowest BCUT2D eigenvalue weighted by molar-refractivity contribution is 0.00487. The van der Waals surface area contributed by atoms with Crippen LogP contribution in [0.15, 0.2) is 0 Å². The Labute approximate surface area is 102 Å². The minimum Gasteiger partial charge on any atom is -0.376 e. The summed E-state index contributed by atoms with van der Waals surface area (Å²) in [6.45, 7) is 9.88. The first-order valence-corrected chi connectivity index (χ1v) is 6.98. The Balaban J connectivity index is 3.96. The van der Waals surface area contributed by atoms with Crippen molar-refractivity contribution in [3.05, 3.63) is 0 Å². The van der Waals surface area contributed by atoms with Crippen LogP contribution in [0.1, 0.15) is 59.8 Å². The zero-order valence-corrected chi connectivity index (χ0v) is 11.9. The quantitative estimate of drug-likeness (QED) is 0.618. The summed E-state index contributed by atoms with van der Waals surface area (Å²) >= 11 is 0. The topological polar surface area (TPSA) is 21.3 Å². The van der Waals surface area contributed by atoms with Crippen LogP contribution in [0.5, 0.6) is 0 Å². The van der Waals surface area contributed by atoms with Gasteiger partial charge in [-0.05, 0) is 32.2 Å². The lowest BCUT2D eigenvalue weighted by atomic mass is 10.0.